The molecule has 7 heteroatoms. The first-order chi connectivity index (χ1) is 20.6. The predicted octanol–water partition coefficient (Wildman–Crippen LogP) is 9.22. The number of nitrogens with one attached hydrogen (secondary N) is 1. The average Bonchev–Trinajstić information content (AvgIpc) is 2.99. The van der Waals surface area contributed by atoms with Crippen LogP contribution in [0.2, 0.25) is 0 Å². The molecule has 0 aliphatic heterocycles. The number of aromatic nitrogens is 3. The number of nitrogens with zero attached hydrogens (tertiary/aromatic N) is 4. The molecule has 0 radical (unpaired) electrons. The Morgan fingerprint density at radius 3 is 2.05 bits per heavy atom. The van der Waals surface area contributed by atoms with Gasteiger partial charge in [0.2, 0.25) is 11.9 Å². The van der Waals surface area contributed by atoms with Crippen molar-refractivity contribution in [2.45, 2.75) is 97.8 Å². The SMILES string of the molecule is CCCCCCCCN(CCCCCCCC)c1nc(C)nc(Nc2ccc3cc(-c4ccccc4)c(=O)oc3c2)n1. The molecule has 0 bridgehead atoms. The van der Waals surface area contributed by atoms with Crippen LogP contribution in [-0.4, -0.2) is 28.0 Å². The van der Waals surface area contributed by atoms with E-state index in [0.29, 0.717) is 22.9 Å². The summed E-state index contributed by atoms with van der Waals surface area (Å²) >= 11 is 0. The molecule has 0 amide bonds. The second-order valence-electron chi connectivity index (χ2n) is 11.2. The molecule has 4 rings (SSSR count). The summed E-state index contributed by atoms with van der Waals surface area (Å²) in [6.45, 7) is 8.33. The minimum absolute atomic E-state index is 0.357. The lowest BCUT2D eigenvalue weighted by Gasteiger charge is -2.23. The van der Waals surface area contributed by atoms with E-state index in [4.69, 9.17) is 14.4 Å². The smallest absolute Gasteiger partial charge is 0.344 e. The van der Waals surface area contributed by atoms with Crippen molar-refractivity contribution < 1.29 is 4.42 Å². The first kappa shape index (κ1) is 31.2. The van der Waals surface area contributed by atoms with Crippen LogP contribution < -0.4 is 15.8 Å². The molecule has 2 heterocycles. The van der Waals surface area contributed by atoms with Gasteiger partial charge in [-0.15, -0.1) is 0 Å². The zero-order valence-electron chi connectivity index (χ0n) is 25.7. The molecule has 2 aromatic carbocycles. The van der Waals surface area contributed by atoms with Crippen molar-refractivity contribution in [2.75, 3.05) is 23.3 Å². The molecule has 0 aliphatic carbocycles. The van der Waals surface area contributed by atoms with Crippen LogP contribution in [0.15, 0.2) is 63.8 Å². The minimum Gasteiger partial charge on any atom is -0.422 e. The fraction of sp³-hybridized carbons (Fsp3) is 0.486. The maximum Gasteiger partial charge on any atom is 0.344 e. The Labute approximate surface area is 250 Å². The van der Waals surface area contributed by atoms with E-state index < -0.39 is 0 Å². The second kappa shape index (κ2) is 16.6. The van der Waals surface area contributed by atoms with Gasteiger partial charge in [-0.3, -0.25) is 0 Å². The van der Waals surface area contributed by atoms with E-state index in [1.165, 1.54) is 64.2 Å². The van der Waals surface area contributed by atoms with Crippen LogP contribution in [0.3, 0.4) is 0 Å². The van der Waals surface area contributed by atoms with E-state index >= 15 is 0 Å². The molecule has 0 spiro atoms. The second-order valence-corrected chi connectivity index (χ2v) is 11.2. The molecule has 2 aromatic heterocycles. The molecule has 0 fully saturated rings. The summed E-state index contributed by atoms with van der Waals surface area (Å²) in [5.74, 6) is 1.90. The monoisotopic (exact) mass is 569 g/mol. The zero-order chi connectivity index (χ0) is 29.6. The molecular formula is C35H47N5O2. The fourth-order valence-corrected chi connectivity index (χ4v) is 5.28. The molecule has 0 saturated heterocycles. The number of anilines is 3. The topological polar surface area (TPSA) is 84.2 Å². The molecule has 0 aliphatic rings. The number of unbranched alkanes of at least 4 members (excludes halogenated alkanes) is 10. The van der Waals surface area contributed by atoms with E-state index in [0.717, 1.165) is 48.5 Å². The average molecular weight is 570 g/mol. The van der Waals surface area contributed by atoms with Crippen LogP contribution in [0.25, 0.3) is 22.1 Å². The summed E-state index contributed by atoms with van der Waals surface area (Å²) in [5.41, 5.74) is 2.31. The third-order valence-corrected chi connectivity index (χ3v) is 7.66. The third kappa shape index (κ3) is 9.40. The molecule has 0 atom stereocenters. The normalized spacial score (nSPS) is 11.2. The van der Waals surface area contributed by atoms with Crippen molar-refractivity contribution in [3.05, 3.63) is 70.8 Å². The van der Waals surface area contributed by atoms with Gasteiger partial charge in [0.15, 0.2) is 0 Å². The van der Waals surface area contributed by atoms with E-state index in [2.05, 4.69) is 29.0 Å². The molecule has 1 N–H and O–H groups in total. The van der Waals surface area contributed by atoms with Crippen molar-refractivity contribution in [1.29, 1.82) is 0 Å². The lowest BCUT2D eigenvalue weighted by Crippen LogP contribution is -2.28. The van der Waals surface area contributed by atoms with Crippen LogP contribution in [0.1, 0.15) is 96.7 Å². The standard InChI is InChI=1S/C35H47N5O2/c1-4-6-8-10-12-17-23-40(24-18-13-11-9-7-5-2)35-37-27(3)36-34(39-35)38-30-22-21-29-25-31(28-19-15-14-16-20-28)33(41)42-32(29)26-30/h14-16,19-22,25-26H,4-13,17-18,23-24H2,1-3H3,(H,36,37,38,39). The number of hydrogen-bond acceptors (Lipinski definition) is 7. The van der Waals surface area contributed by atoms with Gasteiger partial charge in [0.05, 0.1) is 5.56 Å². The summed E-state index contributed by atoms with van der Waals surface area (Å²) < 4.78 is 5.71. The van der Waals surface area contributed by atoms with E-state index in [1.807, 2.05) is 61.5 Å². The van der Waals surface area contributed by atoms with Gasteiger partial charge in [-0.25, -0.2) is 4.79 Å². The van der Waals surface area contributed by atoms with Crippen LogP contribution in [0.5, 0.6) is 0 Å². The maximum atomic E-state index is 12.8. The fourth-order valence-electron chi connectivity index (χ4n) is 5.28. The molecule has 4 aromatic rings. The highest BCUT2D eigenvalue weighted by Gasteiger charge is 2.14. The summed E-state index contributed by atoms with van der Waals surface area (Å²) in [6.07, 6.45) is 15.1. The van der Waals surface area contributed by atoms with Crippen molar-refractivity contribution in [3.8, 4) is 11.1 Å². The van der Waals surface area contributed by atoms with Crippen LogP contribution >= 0.6 is 0 Å². The Hall–Kier alpha value is -3.74. The van der Waals surface area contributed by atoms with Crippen molar-refractivity contribution in [1.82, 2.24) is 15.0 Å². The molecular weight excluding hydrogens is 522 g/mol. The third-order valence-electron chi connectivity index (χ3n) is 7.66. The van der Waals surface area contributed by atoms with E-state index in [1.54, 1.807) is 0 Å². The molecule has 0 saturated carbocycles. The Bertz CT molecular complexity index is 1420. The van der Waals surface area contributed by atoms with E-state index in [-0.39, 0.29) is 5.63 Å². The van der Waals surface area contributed by atoms with Crippen LogP contribution in [-0.2, 0) is 0 Å². The number of aryl methyl sites for hydroxylation is 1. The molecule has 7 nitrogen and oxygen atoms in total. The van der Waals surface area contributed by atoms with Crippen LogP contribution in [0.4, 0.5) is 17.6 Å². The van der Waals surface area contributed by atoms with Crippen molar-refractivity contribution >= 4 is 28.6 Å². The van der Waals surface area contributed by atoms with Crippen molar-refractivity contribution in [2.24, 2.45) is 0 Å². The summed E-state index contributed by atoms with van der Waals surface area (Å²) in [7, 11) is 0. The van der Waals surface area contributed by atoms with Gasteiger partial charge in [0.25, 0.3) is 0 Å². The minimum atomic E-state index is -0.357. The Morgan fingerprint density at radius 2 is 1.38 bits per heavy atom. The largest absolute Gasteiger partial charge is 0.422 e. The van der Waals surface area contributed by atoms with Gasteiger partial charge < -0.3 is 14.6 Å². The summed E-state index contributed by atoms with van der Waals surface area (Å²) in [4.78, 5) is 29.2. The molecule has 42 heavy (non-hydrogen) atoms. The Kier molecular flexibility index (Phi) is 12.4. The first-order valence-electron chi connectivity index (χ1n) is 16.0. The highest BCUT2D eigenvalue weighted by molar-refractivity contribution is 5.84. The van der Waals surface area contributed by atoms with E-state index in [9.17, 15) is 4.79 Å². The van der Waals surface area contributed by atoms with Gasteiger partial charge >= 0.3 is 5.63 Å². The molecule has 0 unspecified atom stereocenters. The number of benzene rings is 2. The quantitative estimate of drug-likeness (QED) is 0.0944. The number of fused-ring (bicyclic) bond motifs is 1. The Morgan fingerprint density at radius 1 is 0.738 bits per heavy atom. The molecule has 224 valence electrons. The van der Waals surface area contributed by atoms with Gasteiger partial charge in [-0.2, -0.15) is 15.0 Å². The zero-order valence-corrected chi connectivity index (χ0v) is 25.7. The highest BCUT2D eigenvalue weighted by Crippen LogP contribution is 2.25. The summed E-state index contributed by atoms with van der Waals surface area (Å²) in [5, 5.41) is 4.18. The predicted molar refractivity (Wildman–Crippen MR) is 175 cm³/mol. The summed E-state index contributed by atoms with van der Waals surface area (Å²) in [6, 6.07) is 17.2. The number of rotatable bonds is 18. The van der Waals surface area contributed by atoms with Crippen molar-refractivity contribution in [3.63, 3.8) is 0 Å². The van der Waals surface area contributed by atoms with Gasteiger partial charge in [0.1, 0.15) is 11.4 Å². The lowest BCUT2D eigenvalue weighted by molar-refractivity contribution is 0.563. The van der Waals surface area contributed by atoms with Gasteiger partial charge in [-0.1, -0.05) is 108 Å². The van der Waals surface area contributed by atoms with Gasteiger partial charge in [0, 0.05) is 30.2 Å². The lowest BCUT2D eigenvalue weighted by atomic mass is 10.1. The highest BCUT2D eigenvalue weighted by atomic mass is 16.4. The maximum absolute atomic E-state index is 12.8. The Balaban J connectivity index is 1.48. The van der Waals surface area contributed by atoms with Crippen LogP contribution in [0, 0.1) is 6.92 Å². The first-order valence-corrected chi connectivity index (χ1v) is 16.0. The number of hydrogen-bond donors (Lipinski definition) is 1. The van der Waals surface area contributed by atoms with Gasteiger partial charge in [-0.05, 0) is 43.5 Å².